The van der Waals surface area contributed by atoms with Crippen LogP contribution in [0.25, 0.3) is 0 Å². The second-order valence-corrected chi connectivity index (χ2v) is 8.41. The van der Waals surface area contributed by atoms with Crippen LogP contribution in [0, 0.1) is 34.6 Å². The molecule has 0 radical (unpaired) electrons. The molecule has 33 heavy (non-hydrogen) atoms. The predicted octanol–water partition coefficient (Wildman–Crippen LogP) is 4.41. The van der Waals surface area contributed by atoms with Crippen molar-refractivity contribution >= 4 is 17.6 Å². The third-order valence-electron chi connectivity index (χ3n) is 5.61. The van der Waals surface area contributed by atoms with Crippen molar-refractivity contribution in [1.82, 2.24) is 15.1 Å². The normalized spacial score (nSPS) is 11.4. The third-order valence-corrected chi connectivity index (χ3v) is 5.61. The summed E-state index contributed by atoms with van der Waals surface area (Å²) in [6.45, 7) is 10.5. The number of aryl methyl sites for hydroxylation is 5. The molecule has 1 heterocycles. The minimum atomic E-state index is -0.214. The fourth-order valence-electron chi connectivity index (χ4n) is 3.90. The van der Waals surface area contributed by atoms with Gasteiger partial charge in [-0.1, -0.05) is 23.3 Å². The average Bonchev–Trinajstić information content (AvgIpc) is 2.99. The molecule has 3 aromatic rings. The maximum atomic E-state index is 13.0. The number of aliphatic imine (C=N–C) groups is 1. The van der Waals surface area contributed by atoms with Crippen LogP contribution in [-0.2, 0) is 13.5 Å². The van der Waals surface area contributed by atoms with Crippen molar-refractivity contribution in [2.24, 2.45) is 12.0 Å². The van der Waals surface area contributed by atoms with E-state index in [1.54, 1.807) is 7.11 Å². The Morgan fingerprint density at radius 2 is 1.73 bits per heavy atom. The Balaban J connectivity index is 1.87. The number of hydrogen-bond donors (Lipinski definition) is 2. The lowest BCUT2D eigenvalue weighted by Crippen LogP contribution is -2.36. The van der Waals surface area contributed by atoms with Gasteiger partial charge < -0.3 is 10.1 Å². The van der Waals surface area contributed by atoms with Gasteiger partial charge in [-0.25, -0.2) is 0 Å². The van der Waals surface area contributed by atoms with E-state index in [1.807, 2.05) is 75.8 Å². The molecule has 0 aliphatic carbocycles. The lowest BCUT2D eigenvalue weighted by atomic mass is 10.1. The summed E-state index contributed by atoms with van der Waals surface area (Å²) in [7, 11) is 3.56. The Morgan fingerprint density at radius 3 is 2.33 bits per heavy atom. The highest BCUT2D eigenvalue weighted by atomic mass is 16.5. The number of carbonyl (C=O) groups excluding carboxylic acids is 1. The Labute approximate surface area is 195 Å². The summed E-state index contributed by atoms with van der Waals surface area (Å²) in [6.07, 6.45) is 0.723. The van der Waals surface area contributed by atoms with Gasteiger partial charge in [-0.3, -0.25) is 19.8 Å². The van der Waals surface area contributed by atoms with Crippen LogP contribution in [-0.4, -0.2) is 35.3 Å². The van der Waals surface area contributed by atoms with Crippen LogP contribution in [0.15, 0.2) is 41.4 Å². The fourth-order valence-corrected chi connectivity index (χ4v) is 3.90. The van der Waals surface area contributed by atoms with Gasteiger partial charge in [-0.15, -0.1) is 0 Å². The zero-order valence-corrected chi connectivity index (χ0v) is 20.5. The van der Waals surface area contributed by atoms with Crippen molar-refractivity contribution in [1.29, 1.82) is 0 Å². The van der Waals surface area contributed by atoms with E-state index in [0.717, 1.165) is 40.2 Å². The number of methoxy groups -OCH3 is 1. The SMILES string of the molecule is COc1ccc(C)cc1NC(=NCCc1c(C)nn(C)c1C)NC(=O)c1cc(C)cc(C)c1. The van der Waals surface area contributed by atoms with Crippen molar-refractivity contribution in [2.45, 2.75) is 41.0 Å². The first-order valence-corrected chi connectivity index (χ1v) is 11.0. The minimum Gasteiger partial charge on any atom is -0.495 e. The molecule has 0 saturated heterocycles. The highest BCUT2D eigenvalue weighted by molar-refractivity contribution is 6.10. The Bertz CT molecular complexity index is 1170. The van der Waals surface area contributed by atoms with E-state index in [2.05, 4.69) is 22.7 Å². The number of hydrogen-bond acceptors (Lipinski definition) is 4. The second kappa shape index (κ2) is 10.3. The summed E-state index contributed by atoms with van der Waals surface area (Å²) < 4.78 is 7.37. The van der Waals surface area contributed by atoms with Crippen molar-refractivity contribution in [3.63, 3.8) is 0 Å². The number of guanidine groups is 1. The molecule has 3 rings (SSSR count). The lowest BCUT2D eigenvalue weighted by Gasteiger charge is -2.15. The monoisotopic (exact) mass is 447 g/mol. The smallest absolute Gasteiger partial charge is 0.257 e. The standard InChI is InChI=1S/C26H33N5O2/c1-16-8-9-24(33-7)23(15-16)28-26(27-11-10-22-19(4)30-31(6)20(22)5)29-25(32)21-13-17(2)12-18(3)14-21/h8-9,12-15H,10-11H2,1-7H3,(H2,27,28,29,32). The number of rotatable bonds is 6. The molecule has 0 atom stereocenters. The molecule has 0 aliphatic rings. The largest absolute Gasteiger partial charge is 0.495 e. The first-order valence-electron chi connectivity index (χ1n) is 11.0. The molecule has 1 amide bonds. The van der Waals surface area contributed by atoms with Gasteiger partial charge >= 0.3 is 0 Å². The number of amides is 1. The molecule has 1 aromatic heterocycles. The highest BCUT2D eigenvalue weighted by Crippen LogP contribution is 2.25. The fraction of sp³-hybridized carbons (Fsp3) is 0.346. The Morgan fingerprint density at radius 1 is 1.03 bits per heavy atom. The first-order chi connectivity index (χ1) is 15.7. The van der Waals surface area contributed by atoms with Crippen LogP contribution >= 0.6 is 0 Å². The van der Waals surface area contributed by atoms with Gasteiger partial charge in [0.05, 0.1) is 18.5 Å². The van der Waals surface area contributed by atoms with Crippen LogP contribution in [0.5, 0.6) is 5.75 Å². The highest BCUT2D eigenvalue weighted by Gasteiger charge is 2.14. The van der Waals surface area contributed by atoms with Gasteiger partial charge in [0.15, 0.2) is 0 Å². The maximum absolute atomic E-state index is 13.0. The molecule has 174 valence electrons. The van der Waals surface area contributed by atoms with Gasteiger partial charge in [0.2, 0.25) is 5.96 Å². The van der Waals surface area contributed by atoms with Gasteiger partial charge in [-0.05, 0) is 76.4 Å². The molecule has 7 heteroatoms. The summed E-state index contributed by atoms with van der Waals surface area (Å²) in [5.41, 5.74) is 7.78. The van der Waals surface area contributed by atoms with Crippen molar-refractivity contribution in [2.75, 3.05) is 19.0 Å². The van der Waals surface area contributed by atoms with E-state index >= 15 is 0 Å². The topological polar surface area (TPSA) is 80.5 Å². The molecular weight excluding hydrogens is 414 g/mol. The average molecular weight is 448 g/mol. The van der Waals surface area contributed by atoms with E-state index in [-0.39, 0.29) is 5.91 Å². The molecule has 2 aromatic carbocycles. The molecule has 0 saturated carbocycles. The summed E-state index contributed by atoms with van der Waals surface area (Å²) in [6, 6.07) is 11.6. The molecule has 0 fully saturated rings. The molecular formula is C26H33N5O2. The summed E-state index contributed by atoms with van der Waals surface area (Å²) in [5.74, 6) is 0.837. The number of aromatic nitrogens is 2. The van der Waals surface area contributed by atoms with E-state index in [0.29, 0.717) is 23.8 Å². The van der Waals surface area contributed by atoms with Crippen LogP contribution in [0.2, 0.25) is 0 Å². The number of benzene rings is 2. The molecule has 0 spiro atoms. The van der Waals surface area contributed by atoms with Gasteiger partial charge in [0.25, 0.3) is 5.91 Å². The number of nitrogens with one attached hydrogen (secondary N) is 2. The van der Waals surface area contributed by atoms with E-state index < -0.39 is 0 Å². The molecule has 0 unspecified atom stereocenters. The number of nitrogens with zero attached hydrogens (tertiary/aromatic N) is 3. The van der Waals surface area contributed by atoms with Crippen LogP contribution in [0.1, 0.15) is 44.0 Å². The maximum Gasteiger partial charge on any atom is 0.257 e. The molecule has 0 bridgehead atoms. The quantitative estimate of drug-likeness (QED) is 0.433. The number of ether oxygens (including phenoxy) is 1. The van der Waals surface area contributed by atoms with E-state index in [4.69, 9.17) is 9.73 Å². The first kappa shape index (κ1) is 24.0. The summed E-state index contributed by atoms with van der Waals surface area (Å²) in [5, 5.41) is 10.7. The van der Waals surface area contributed by atoms with E-state index in [1.165, 1.54) is 5.56 Å². The number of carbonyl (C=O) groups is 1. The van der Waals surface area contributed by atoms with Crippen molar-refractivity contribution in [3.05, 3.63) is 75.6 Å². The lowest BCUT2D eigenvalue weighted by molar-refractivity contribution is 0.0976. The third kappa shape index (κ3) is 6.00. The van der Waals surface area contributed by atoms with Crippen molar-refractivity contribution in [3.8, 4) is 5.75 Å². The van der Waals surface area contributed by atoms with Gasteiger partial charge in [0, 0.05) is 24.8 Å². The second-order valence-electron chi connectivity index (χ2n) is 8.41. The Kier molecular flexibility index (Phi) is 7.53. The Hall–Kier alpha value is -3.61. The van der Waals surface area contributed by atoms with Crippen LogP contribution in [0.3, 0.4) is 0 Å². The summed E-state index contributed by atoms with van der Waals surface area (Å²) >= 11 is 0. The van der Waals surface area contributed by atoms with Gasteiger partial charge in [0.1, 0.15) is 5.75 Å². The predicted molar refractivity (Wildman–Crippen MR) is 133 cm³/mol. The van der Waals surface area contributed by atoms with Crippen LogP contribution in [0.4, 0.5) is 5.69 Å². The summed E-state index contributed by atoms with van der Waals surface area (Å²) in [4.78, 5) is 17.7. The van der Waals surface area contributed by atoms with E-state index in [9.17, 15) is 4.79 Å². The minimum absolute atomic E-state index is 0.214. The van der Waals surface area contributed by atoms with Crippen molar-refractivity contribution < 1.29 is 9.53 Å². The molecule has 7 nitrogen and oxygen atoms in total. The van der Waals surface area contributed by atoms with Gasteiger partial charge in [-0.2, -0.15) is 5.10 Å². The van der Waals surface area contributed by atoms with Crippen LogP contribution < -0.4 is 15.4 Å². The molecule has 0 aliphatic heterocycles. The zero-order valence-electron chi connectivity index (χ0n) is 20.5. The zero-order chi connectivity index (χ0) is 24.1. The number of anilines is 1. The molecule has 2 N–H and O–H groups in total.